The van der Waals surface area contributed by atoms with Gasteiger partial charge in [0, 0.05) is 27.4 Å². The number of hydrogen-bond donors (Lipinski definition) is 3. The molecule has 5 nitrogen and oxygen atoms in total. The molecule has 0 spiro atoms. The van der Waals surface area contributed by atoms with Crippen molar-refractivity contribution < 1.29 is 27.8 Å². The van der Waals surface area contributed by atoms with Gasteiger partial charge in [-0.05, 0) is 25.1 Å². The molecule has 0 aliphatic carbocycles. The van der Waals surface area contributed by atoms with Crippen molar-refractivity contribution in [2.45, 2.75) is 25.1 Å². The zero-order chi connectivity index (χ0) is 18.8. The normalized spacial score (nSPS) is 14.2. The highest BCUT2D eigenvalue weighted by Gasteiger charge is 2.56. The number of nitrogens with one attached hydrogen (secondary N) is 2. The predicted molar refractivity (Wildman–Crippen MR) is 91.4 cm³/mol. The fraction of sp³-hybridized carbons (Fsp3) is 0.312. The molecule has 0 aliphatic heterocycles. The van der Waals surface area contributed by atoms with Crippen LogP contribution in [0.3, 0.4) is 0 Å². The van der Waals surface area contributed by atoms with Crippen LogP contribution in [0.1, 0.15) is 18.9 Å². The molecule has 0 aliphatic rings. The number of aromatic nitrogens is 1. The summed E-state index contributed by atoms with van der Waals surface area (Å²) in [6, 6.07) is 4.58. The van der Waals surface area contributed by atoms with Gasteiger partial charge in [0.1, 0.15) is 5.82 Å². The second kappa shape index (κ2) is 7.09. The van der Waals surface area contributed by atoms with E-state index in [0.29, 0.717) is 9.99 Å². The molecule has 9 heteroatoms. The summed E-state index contributed by atoms with van der Waals surface area (Å²) in [5.41, 5.74) is -3.41. The molecule has 0 saturated carbocycles. The maximum Gasteiger partial charge on any atom is 0.421 e. The van der Waals surface area contributed by atoms with E-state index in [1.807, 2.05) is 0 Å². The van der Waals surface area contributed by atoms with E-state index >= 15 is 0 Å². The number of fused-ring (bicyclic) bond motifs is 1. The number of halogens is 4. The molecule has 25 heavy (non-hydrogen) atoms. The molecular weight excluding hydrogens is 405 g/mol. The summed E-state index contributed by atoms with van der Waals surface area (Å²) in [6.07, 6.45) is -5.74. The van der Waals surface area contributed by atoms with Crippen LogP contribution in [-0.2, 0) is 10.3 Å². The van der Waals surface area contributed by atoms with Gasteiger partial charge in [0.25, 0.3) is 0 Å². The fourth-order valence-corrected chi connectivity index (χ4v) is 2.89. The van der Waals surface area contributed by atoms with Crippen molar-refractivity contribution in [3.63, 3.8) is 0 Å². The SMILES string of the molecule is C=CCC(O)(c1c(NC(=O)OCC)[nH]c2ccc(Br)cc12)C(F)(F)F. The van der Waals surface area contributed by atoms with Crippen molar-refractivity contribution in [3.8, 4) is 0 Å². The lowest BCUT2D eigenvalue weighted by Gasteiger charge is -2.30. The molecule has 0 bridgehead atoms. The summed E-state index contributed by atoms with van der Waals surface area (Å²) in [5, 5.41) is 12.8. The highest BCUT2D eigenvalue weighted by Crippen LogP contribution is 2.48. The molecule has 1 aromatic heterocycles. The topological polar surface area (TPSA) is 74.3 Å². The number of alkyl halides is 3. The van der Waals surface area contributed by atoms with Gasteiger partial charge in [0.05, 0.1) is 6.61 Å². The number of carbonyl (C=O) groups is 1. The fourth-order valence-electron chi connectivity index (χ4n) is 2.53. The third kappa shape index (κ3) is 3.67. The van der Waals surface area contributed by atoms with Crippen molar-refractivity contribution in [3.05, 3.63) is 40.9 Å². The second-order valence-corrected chi connectivity index (χ2v) is 6.18. The summed E-state index contributed by atoms with van der Waals surface area (Å²) in [5.74, 6) is -0.284. The molecule has 3 N–H and O–H groups in total. The van der Waals surface area contributed by atoms with E-state index in [2.05, 4.69) is 32.8 Å². The van der Waals surface area contributed by atoms with Crippen LogP contribution in [0.2, 0.25) is 0 Å². The van der Waals surface area contributed by atoms with Crippen LogP contribution in [0, 0.1) is 0 Å². The highest BCUT2D eigenvalue weighted by atomic mass is 79.9. The quantitative estimate of drug-likeness (QED) is 0.606. The molecular formula is C16H16BrF3N2O3. The van der Waals surface area contributed by atoms with E-state index in [9.17, 15) is 23.1 Å². The Morgan fingerprint density at radius 3 is 2.72 bits per heavy atom. The third-order valence-corrected chi connectivity index (χ3v) is 4.08. The summed E-state index contributed by atoms with van der Waals surface area (Å²) >= 11 is 3.20. The minimum absolute atomic E-state index is 0.0448. The molecule has 2 aromatic rings. The molecule has 1 unspecified atom stereocenters. The average Bonchev–Trinajstić information content (AvgIpc) is 2.83. The van der Waals surface area contributed by atoms with Crippen molar-refractivity contribution >= 4 is 38.7 Å². The maximum atomic E-state index is 13.7. The summed E-state index contributed by atoms with van der Waals surface area (Å²) in [4.78, 5) is 14.4. The maximum absolute atomic E-state index is 13.7. The molecule has 2 rings (SSSR count). The van der Waals surface area contributed by atoms with Gasteiger partial charge in [-0.25, -0.2) is 4.79 Å². The first-order valence-corrected chi connectivity index (χ1v) is 8.08. The van der Waals surface area contributed by atoms with Crippen LogP contribution in [0.15, 0.2) is 35.3 Å². The number of rotatable bonds is 5. The van der Waals surface area contributed by atoms with Gasteiger partial charge >= 0.3 is 12.3 Å². The van der Waals surface area contributed by atoms with E-state index in [4.69, 9.17) is 4.74 Å². The van der Waals surface area contributed by atoms with Gasteiger partial charge in [-0.1, -0.05) is 22.0 Å². The number of ether oxygens (including phenoxy) is 1. The molecule has 136 valence electrons. The molecule has 1 aromatic carbocycles. The van der Waals surface area contributed by atoms with Crippen LogP contribution in [0.4, 0.5) is 23.8 Å². The van der Waals surface area contributed by atoms with E-state index in [1.54, 1.807) is 13.0 Å². The number of amides is 1. The van der Waals surface area contributed by atoms with Crippen LogP contribution < -0.4 is 5.32 Å². The monoisotopic (exact) mass is 420 g/mol. The molecule has 0 fully saturated rings. The molecule has 1 heterocycles. The Kier molecular flexibility index (Phi) is 5.48. The van der Waals surface area contributed by atoms with Gasteiger partial charge in [0.15, 0.2) is 5.60 Å². The Labute approximate surface area is 150 Å². The summed E-state index contributed by atoms with van der Waals surface area (Å²) in [7, 11) is 0. The van der Waals surface area contributed by atoms with Crippen LogP contribution in [0.5, 0.6) is 0 Å². The lowest BCUT2D eigenvalue weighted by Crippen LogP contribution is -2.42. The van der Waals surface area contributed by atoms with Crippen LogP contribution in [-0.4, -0.2) is 29.0 Å². The largest absolute Gasteiger partial charge is 0.450 e. The zero-order valence-corrected chi connectivity index (χ0v) is 14.8. The molecule has 1 atom stereocenters. The number of carbonyl (C=O) groups excluding carboxylic acids is 1. The lowest BCUT2D eigenvalue weighted by molar-refractivity contribution is -0.264. The van der Waals surface area contributed by atoms with Crippen molar-refractivity contribution in [2.75, 3.05) is 11.9 Å². The zero-order valence-electron chi connectivity index (χ0n) is 13.2. The Bertz CT molecular complexity index is 804. The standard InChI is InChI=1S/C16H16BrF3N2O3/c1-3-7-15(24,16(18,19)20)12-10-8-9(17)5-6-11(10)21-13(12)22-14(23)25-4-2/h3,5-6,8,21,24H,1,4,7H2,2H3,(H,22,23). The van der Waals surface area contributed by atoms with Gasteiger partial charge in [-0.3, -0.25) is 5.32 Å². The summed E-state index contributed by atoms with van der Waals surface area (Å²) < 4.78 is 46.3. The first kappa shape index (κ1) is 19.3. The summed E-state index contributed by atoms with van der Waals surface area (Å²) in [6.45, 7) is 4.90. The highest BCUT2D eigenvalue weighted by molar-refractivity contribution is 9.10. The van der Waals surface area contributed by atoms with Gasteiger partial charge in [-0.15, -0.1) is 6.58 Å². The lowest BCUT2D eigenvalue weighted by atomic mass is 9.88. The number of aromatic amines is 1. The number of hydrogen-bond acceptors (Lipinski definition) is 3. The Morgan fingerprint density at radius 2 is 2.16 bits per heavy atom. The first-order chi connectivity index (χ1) is 11.6. The number of aliphatic hydroxyl groups is 1. The van der Waals surface area contributed by atoms with E-state index in [0.717, 1.165) is 6.08 Å². The minimum Gasteiger partial charge on any atom is -0.450 e. The Hall–Kier alpha value is -2.00. The number of anilines is 1. The van der Waals surface area contributed by atoms with E-state index in [1.165, 1.54) is 12.1 Å². The van der Waals surface area contributed by atoms with Gasteiger partial charge < -0.3 is 14.8 Å². The van der Waals surface area contributed by atoms with Crippen molar-refractivity contribution in [2.24, 2.45) is 0 Å². The smallest absolute Gasteiger partial charge is 0.421 e. The molecule has 0 radical (unpaired) electrons. The average molecular weight is 421 g/mol. The Morgan fingerprint density at radius 1 is 1.48 bits per heavy atom. The van der Waals surface area contributed by atoms with Gasteiger partial charge in [0.2, 0.25) is 0 Å². The van der Waals surface area contributed by atoms with Crippen molar-refractivity contribution in [1.29, 1.82) is 0 Å². The second-order valence-electron chi connectivity index (χ2n) is 5.26. The van der Waals surface area contributed by atoms with E-state index in [-0.39, 0.29) is 17.8 Å². The molecule has 1 amide bonds. The van der Waals surface area contributed by atoms with E-state index < -0.39 is 29.9 Å². The molecule has 0 saturated heterocycles. The minimum atomic E-state index is -5.00. The van der Waals surface area contributed by atoms with Gasteiger partial charge in [-0.2, -0.15) is 13.2 Å². The first-order valence-electron chi connectivity index (χ1n) is 7.29. The number of benzene rings is 1. The number of H-pyrrole nitrogens is 1. The third-order valence-electron chi connectivity index (χ3n) is 3.59. The van der Waals surface area contributed by atoms with Crippen LogP contribution >= 0.6 is 15.9 Å². The predicted octanol–water partition coefficient (Wildman–Crippen LogP) is 4.82. The Balaban J connectivity index is 2.74. The van der Waals surface area contributed by atoms with Crippen LogP contribution in [0.25, 0.3) is 10.9 Å². The van der Waals surface area contributed by atoms with Crippen molar-refractivity contribution in [1.82, 2.24) is 4.98 Å².